The van der Waals surface area contributed by atoms with Crippen molar-refractivity contribution in [1.82, 2.24) is 19.6 Å². The van der Waals surface area contributed by atoms with Gasteiger partial charge in [-0.25, -0.2) is 13.8 Å². The summed E-state index contributed by atoms with van der Waals surface area (Å²) in [5.74, 6) is -0.664. The van der Waals surface area contributed by atoms with E-state index in [0.717, 1.165) is 22.9 Å². The third-order valence-corrected chi connectivity index (χ3v) is 5.33. The summed E-state index contributed by atoms with van der Waals surface area (Å²) in [7, 11) is 0. The SMILES string of the molecule is NCc1cc(C(F)(F)F)nn1-c1ccc(Cl)cc1.NCc1cc(C(F)(F)F)nn1-c1ccc(F)c(Cl)c1. The van der Waals surface area contributed by atoms with Gasteiger partial charge in [0.1, 0.15) is 5.82 Å². The van der Waals surface area contributed by atoms with E-state index >= 15 is 0 Å². The molecule has 0 aliphatic heterocycles. The van der Waals surface area contributed by atoms with E-state index in [1.165, 1.54) is 16.8 Å². The van der Waals surface area contributed by atoms with E-state index in [-0.39, 0.29) is 35.2 Å². The predicted octanol–water partition coefficient (Wildman–Crippen LogP) is 6.15. The minimum Gasteiger partial charge on any atom is -0.325 e. The summed E-state index contributed by atoms with van der Waals surface area (Å²) < 4.78 is 90.6. The molecule has 0 aliphatic carbocycles. The highest BCUT2D eigenvalue weighted by Crippen LogP contribution is 2.31. The van der Waals surface area contributed by atoms with Crippen LogP contribution >= 0.6 is 23.2 Å². The van der Waals surface area contributed by atoms with Crippen LogP contribution < -0.4 is 11.5 Å². The van der Waals surface area contributed by atoms with E-state index in [0.29, 0.717) is 10.7 Å². The van der Waals surface area contributed by atoms with Crippen molar-refractivity contribution in [2.45, 2.75) is 25.4 Å². The van der Waals surface area contributed by atoms with Crippen LogP contribution in [0.15, 0.2) is 54.6 Å². The van der Waals surface area contributed by atoms with Crippen molar-refractivity contribution in [3.05, 3.63) is 93.2 Å². The third-order valence-electron chi connectivity index (χ3n) is 4.78. The molecule has 0 aliphatic rings. The molecule has 0 saturated carbocycles. The first kappa shape index (κ1) is 28.4. The van der Waals surface area contributed by atoms with E-state index in [1.54, 1.807) is 24.3 Å². The third kappa shape index (κ3) is 6.80. The van der Waals surface area contributed by atoms with Gasteiger partial charge in [-0.1, -0.05) is 23.2 Å². The lowest BCUT2D eigenvalue weighted by Gasteiger charge is -2.06. The highest BCUT2D eigenvalue weighted by Gasteiger charge is 2.35. The average molecular weight is 569 g/mol. The number of benzene rings is 2. The lowest BCUT2D eigenvalue weighted by Crippen LogP contribution is -2.09. The van der Waals surface area contributed by atoms with Gasteiger partial charge in [-0.2, -0.15) is 36.5 Å². The maximum Gasteiger partial charge on any atom is 0.435 e. The fourth-order valence-corrected chi connectivity index (χ4v) is 3.35. The molecular weight excluding hydrogens is 552 g/mol. The van der Waals surface area contributed by atoms with Gasteiger partial charge in [0.2, 0.25) is 0 Å². The Morgan fingerprint density at radius 2 is 1.11 bits per heavy atom. The molecule has 37 heavy (non-hydrogen) atoms. The van der Waals surface area contributed by atoms with Crippen molar-refractivity contribution in [1.29, 1.82) is 0 Å². The van der Waals surface area contributed by atoms with Crippen LogP contribution in [0.25, 0.3) is 11.4 Å². The van der Waals surface area contributed by atoms with E-state index in [4.69, 9.17) is 34.7 Å². The molecule has 2 aromatic heterocycles. The van der Waals surface area contributed by atoms with Gasteiger partial charge in [0, 0.05) is 18.1 Å². The second-order valence-electron chi connectivity index (χ2n) is 7.34. The van der Waals surface area contributed by atoms with Gasteiger partial charge >= 0.3 is 12.4 Å². The molecule has 15 heteroatoms. The summed E-state index contributed by atoms with van der Waals surface area (Å²) in [4.78, 5) is 0. The second kappa shape index (κ2) is 11.1. The standard InChI is InChI=1S/C11H8ClF4N3.C11H9ClF3N3/c12-8-3-6(1-2-9(8)13)19-7(5-17)4-10(18-19)11(14,15)16;12-7-1-3-8(4-2-7)18-9(6-16)5-10(17-18)11(13,14)15/h1-4H,5,17H2;1-5H,6,16H2. The van der Waals surface area contributed by atoms with Gasteiger partial charge in [0.15, 0.2) is 11.4 Å². The Labute approximate surface area is 215 Å². The van der Waals surface area contributed by atoms with Crippen molar-refractivity contribution in [3.63, 3.8) is 0 Å². The Hall–Kier alpha value is -3.13. The number of halogens is 9. The molecule has 2 aromatic carbocycles. The van der Waals surface area contributed by atoms with E-state index in [1.807, 2.05) is 0 Å². The number of nitrogens with zero attached hydrogens (tertiary/aromatic N) is 4. The molecule has 4 rings (SSSR count). The molecular formula is C22H17Cl2F7N6. The van der Waals surface area contributed by atoms with Crippen molar-refractivity contribution < 1.29 is 30.7 Å². The van der Waals surface area contributed by atoms with Gasteiger partial charge in [-0.15, -0.1) is 0 Å². The van der Waals surface area contributed by atoms with Crippen molar-refractivity contribution in [2.24, 2.45) is 11.5 Å². The van der Waals surface area contributed by atoms with Gasteiger partial charge in [-0.3, -0.25) is 0 Å². The first-order valence-corrected chi connectivity index (χ1v) is 10.9. The maximum absolute atomic E-state index is 13.0. The van der Waals surface area contributed by atoms with Crippen LogP contribution in [0.2, 0.25) is 10.0 Å². The molecule has 6 nitrogen and oxygen atoms in total. The van der Waals surface area contributed by atoms with Crippen molar-refractivity contribution in [3.8, 4) is 11.4 Å². The molecule has 0 radical (unpaired) electrons. The lowest BCUT2D eigenvalue weighted by atomic mass is 10.3. The van der Waals surface area contributed by atoms with Crippen molar-refractivity contribution >= 4 is 23.2 Å². The number of nitrogens with two attached hydrogens (primary N) is 2. The summed E-state index contributed by atoms with van der Waals surface area (Å²) in [5.41, 5.74) is 9.90. The Morgan fingerprint density at radius 3 is 1.51 bits per heavy atom. The molecule has 4 aromatic rings. The summed E-state index contributed by atoms with van der Waals surface area (Å²) in [6, 6.07) is 11.6. The summed E-state index contributed by atoms with van der Waals surface area (Å²) in [6.45, 7) is -0.177. The minimum absolute atomic E-state index is 0.0360. The average Bonchev–Trinajstić information content (AvgIpc) is 3.46. The predicted molar refractivity (Wildman–Crippen MR) is 123 cm³/mol. The smallest absolute Gasteiger partial charge is 0.325 e. The largest absolute Gasteiger partial charge is 0.435 e. The van der Waals surface area contributed by atoms with Gasteiger partial charge in [-0.05, 0) is 54.6 Å². The Balaban J connectivity index is 0.000000206. The molecule has 2 heterocycles. The fourth-order valence-electron chi connectivity index (χ4n) is 3.05. The molecule has 0 fully saturated rings. The number of hydrogen-bond donors (Lipinski definition) is 2. The molecule has 0 amide bonds. The Morgan fingerprint density at radius 1 is 0.676 bits per heavy atom. The van der Waals surface area contributed by atoms with Gasteiger partial charge in [0.25, 0.3) is 0 Å². The topological polar surface area (TPSA) is 87.7 Å². The van der Waals surface area contributed by atoms with Crippen LogP contribution in [0.5, 0.6) is 0 Å². The van der Waals surface area contributed by atoms with Gasteiger partial charge < -0.3 is 11.5 Å². The highest BCUT2D eigenvalue weighted by molar-refractivity contribution is 6.31. The number of alkyl halides is 6. The van der Waals surface area contributed by atoms with Crippen LogP contribution in [-0.4, -0.2) is 19.6 Å². The monoisotopic (exact) mass is 568 g/mol. The van der Waals surface area contributed by atoms with Crippen LogP contribution in [0, 0.1) is 5.82 Å². The van der Waals surface area contributed by atoms with Crippen LogP contribution in [0.1, 0.15) is 22.8 Å². The molecule has 4 N–H and O–H groups in total. The molecule has 198 valence electrons. The zero-order chi connectivity index (χ0) is 27.5. The molecule has 0 spiro atoms. The van der Waals surface area contributed by atoms with Gasteiger partial charge in [0.05, 0.1) is 27.8 Å². The number of hydrogen-bond acceptors (Lipinski definition) is 4. The zero-order valence-corrected chi connectivity index (χ0v) is 20.0. The summed E-state index contributed by atoms with van der Waals surface area (Å²) >= 11 is 11.3. The van der Waals surface area contributed by atoms with Crippen LogP contribution in [0.3, 0.4) is 0 Å². The van der Waals surface area contributed by atoms with E-state index < -0.39 is 29.6 Å². The quantitative estimate of drug-likeness (QED) is 0.289. The Bertz CT molecular complexity index is 1360. The second-order valence-corrected chi connectivity index (χ2v) is 8.19. The maximum atomic E-state index is 13.0. The zero-order valence-electron chi connectivity index (χ0n) is 18.5. The molecule has 0 unspecified atom stereocenters. The Kier molecular flexibility index (Phi) is 8.52. The van der Waals surface area contributed by atoms with E-state index in [9.17, 15) is 30.7 Å². The summed E-state index contributed by atoms with van der Waals surface area (Å²) in [6.07, 6.45) is -9.05. The normalized spacial score (nSPS) is 11.9. The number of aromatic nitrogens is 4. The van der Waals surface area contributed by atoms with Crippen LogP contribution in [-0.2, 0) is 25.4 Å². The number of rotatable bonds is 4. The summed E-state index contributed by atoms with van der Waals surface area (Å²) in [5, 5.41) is 7.24. The van der Waals surface area contributed by atoms with E-state index in [2.05, 4.69) is 10.2 Å². The fraction of sp³-hybridized carbons (Fsp3) is 0.182. The first-order chi connectivity index (χ1) is 17.2. The molecule has 0 atom stereocenters. The van der Waals surface area contributed by atoms with Crippen molar-refractivity contribution in [2.75, 3.05) is 0 Å². The molecule has 0 saturated heterocycles. The highest BCUT2D eigenvalue weighted by atomic mass is 35.5. The molecule has 0 bridgehead atoms. The lowest BCUT2D eigenvalue weighted by molar-refractivity contribution is -0.142. The minimum atomic E-state index is -4.57. The first-order valence-electron chi connectivity index (χ1n) is 10.2. The van der Waals surface area contributed by atoms with Crippen LogP contribution in [0.4, 0.5) is 30.7 Å².